The largest absolute Gasteiger partial charge is 0.0991 e. The van der Waals surface area contributed by atoms with Crippen LogP contribution in [-0.2, 0) is 0 Å². The van der Waals surface area contributed by atoms with Crippen LogP contribution in [0.25, 0.3) is 0 Å². The van der Waals surface area contributed by atoms with E-state index in [1.165, 1.54) is 128 Å². The van der Waals surface area contributed by atoms with E-state index in [-0.39, 0.29) is 0 Å². The monoisotopic (exact) mass is 374 g/mol. The van der Waals surface area contributed by atoms with Crippen LogP contribution < -0.4 is 0 Å². The van der Waals surface area contributed by atoms with Crippen LogP contribution in [-0.4, -0.2) is 0 Å². The standard InChI is InChI=1S/C27H50/c1-3-5-7-9-11-13-15-17-19-21-23-25-27-26-24-22-20-18-16-14-12-10-8-6-4-2/h3,5,7,14,16H,1,4,6,8-13,15,17-27H2,2H3. The van der Waals surface area contributed by atoms with E-state index in [2.05, 4.69) is 37.8 Å². The minimum Gasteiger partial charge on any atom is -0.0991 e. The van der Waals surface area contributed by atoms with E-state index in [1.54, 1.807) is 0 Å². The summed E-state index contributed by atoms with van der Waals surface area (Å²) >= 11 is 0. The van der Waals surface area contributed by atoms with E-state index in [9.17, 15) is 0 Å². The average Bonchev–Trinajstić information content (AvgIpc) is 2.68. The number of hydrogen-bond donors (Lipinski definition) is 0. The van der Waals surface area contributed by atoms with Gasteiger partial charge >= 0.3 is 0 Å². The van der Waals surface area contributed by atoms with Gasteiger partial charge in [0, 0.05) is 0 Å². The summed E-state index contributed by atoms with van der Waals surface area (Å²) in [5, 5.41) is 0. The molecule has 0 saturated heterocycles. The van der Waals surface area contributed by atoms with Gasteiger partial charge in [-0.25, -0.2) is 0 Å². The van der Waals surface area contributed by atoms with Crippen LogP contribution in [0.5, 0.6) is 0 Å². The maximum absolute atomic E-state index is 3.70. The second kappa shape index (κ2) is 25.2. The SMILES string of the molecule is C=CC=CCCCCCCCCCCCCCCCC=CCCCCCC. The van der Waals surface area contributed by atoms with Gasteiger partial charge in [0.2, 0.25) is 0 Å². The molecule has 0 aromatic carbocycles. The molecule has 0 aromatic heterocycles. The first-order valence-corrected chi connectivity index (χ1v) is 12.3. The predicted molar refractivity (Wildman–Crippen MR) is 126 cm³/mol. The molecule has 0 aliphatic rings. The van der Waals surface area contributed by atoms with Crippen molar-refractivity contribution in [3.8, 4) is 0 Å². The first-order valence-electron chi connectivity index (χ1n) is 12.3. The minimum absolute atomic E-state index is 1.22. The summed E-state index contributed by atoms with van der Waals surface area (Å²) < 4.78 is 0. The fourth-order valence-corrected chi connectivity index (χ4v) is 3.59. The quantitative estimate of drug-likeness (QED) is 0.100. The molecule has 0 atom stereocenters. The molecule has 0 nitrogen and oxygen atoms in total. The molecule has 0 N–H and O–H groups in total. The summed E-state index contributed by atoms with van der Waals surface area (Å²) in [6.45, 7) is 5.98. The van der Waals surface area contributed by atoms with Crippen molar-refractivity contribution in [3.63, 3.8) is 0 Å². The summed E-state index contributed by atoms with van der Waals surface area (Å²) in [5.41, 5.74) is 0. The third-order valence-electron chi connectivity index (χ3n) is 5.40. The Hall–Kier alpha value is -0.780. The molecule has 0 bridgehead atoms. The molecule has 0 spiro atoms. The highest BCUT2D eigenvalue weighted by atomic mass is 14.0. The number of unbranched alkanes of at least 4 members (excludes halogenated alkanes) is 18. The normalized spacial score (nSPS) is 11.7. The molecule has 0 radical (unpaired) electrons. The molecular weight excluding hydrogens is 324 g/mol. The first kappa shape index (κ1) is 26.2. The van der Waals surface area contributed by atoms with E-state index in [1.807, 2.05) is 6.08 Å². The van der Waals surface area contributed by atoms with Crippen molar-refractivity contribution in [1.82, 2.24) is 0 Å². The highest BCUT2D eigenvalue weighted by Gasteiger charge is 1.94. The van der Waals surface area contributed by atoms with Crippen LogP contribution in [0, 0.1) is 0 Å². The molecule has 0 rings (SSSR count). The van der Waals surface area contributed by atoms with Crippen molar-refractivity contribution >= 4 is 0 Å². The van der Waals surface area contributed by atoms with Gasteiger partial charge < -0.3 is 0 Å². The van der Waals surface area contributed by atoms with E-state index < -0.39 is 0 Å². The summed E-state index contributed by atoms with van der Waals surface area (Å²) in [6, 6.07) is 0. The fraction of sp³-hybridized carbons (Fsp3) is 0.778. The number of rotatable bonds is 22. The second-order valence-corrected chi connectivity index (χ2v) is 8.16. The second-order valence-electron chi connectivity index (χ2n) is 8.16. The zero-order valence-electron chi connectivity index (χ0n) is 18.7. The zero-order valence-corrected chi connectivity index (χ0v) is 18.7. The Morgan fingerprint density at radius 3 is 1.15 bits per heavy atom. The third kappa shape index (κ3) is 25.2. The van der Waals surface area contributed by atoms with Gasteiger partial charge in [0.25, 0.3) is 0 Å². The van der Waals surface area contributed by atoms with Gasteiger partial charge in [-0.2, -0.15) is 0 Å². The summed E-state index contributed by atoms with van der Waals surface area (Å²) in [7, 11) is 0. The Morgan fingerprint density at radius 2 is 0.778 bits per heavy atom. The van der Waals surface area contributed by atoms with Crippen molar-refractivity contribution in [2.24, 2.45) is 0 Å². The van der Waals surface area contributed by atoms with Crippen molar-refractivity contribution in [2.75, 3.05) is 0 Å². The molecule has 0 saturated carbocycles. The Labute approximate surface area is 172 Å². The van der Waals surface area contributed by atoms with Crippen LogP contribution >= 0.6 is 0 Å². The van der Waals surface area contributed by atoms with E-state index in [4.69, 9.17) is 0 Å². The van der Waals surface area contributed by atoms with Crippen LogP contribution in [0.4, 0.5) is 0 Å². The van der Waals surface area contributed by atoms with Crippen molar-refractivity contribution in [1.29, 1.82) is 0 Å². The smallest absolute Gasteiger partial charge is 0.0348 e. The molecule has 0 fully saturated rings. The summed E-state index contributed by atoms with van der Waals surface area (Å²) in [4.78, 5) is 0. The van der Waals surface area contributed by atoms with Crippen molar-refractivity contribution < 1.29 is 0 Å². The van der Waals surface area contributed by atoms with Crippen LogP contribution in [0.3, 0.4) is 0 Å². The Bertz CT molecular complexity index is 323. The molecule has 158 valence electrons. The highest BCUT2D eigenvalue weighted by Crippen LogP contribution is 2.13. The lowest BCUT2D eigenvalue weighted by Crippen LogP contribution is -1.83. The maximum atomic E-state index is 3.70. The van der Waals surface area contributed by atoms with Gasteiger partial charge in [-0.05, 0) is 38.5 Å². The highest BCUT2D eigenvalue weighted by molar-refractivity contribution is 4.96. The van der Waals surface area contributed by atoms with Crippen LogP contribution in [0.1, 0.15) is 135 Å². The molecule has 0 heterocycles. The average molecular weight is 375 g/mol. The molecule has 0 aliphatic heterocycles. The maximum Gasteiger partial charge on any atom is -0.0348 e. The Balaban J connectivity index is 3.05. The van der Waals surface area contributed by atoms with Gasteiger partial charge in [-0.15, -0.1) is 0 Å². The molecular formula is C27H50. The fourth-order valence-electron chi connectivity index (χ4n) is 3.59. The third-order valence-corrected chi connectivity index (χ3v) is 5.40. The Kier molecular flexibility index (Phi) is 24.5. The van der Waals surface area contributed by atoms with Gasteiger partial charge in [0.05, 0.1) is 0 Å². The minimum atomic E-state index is 1.22. The number of hydrogen-bond acceptors (Lipinski definition) is 0. The van der Waals surface area contributed by atoms with Crippen LogP contribution in [0.15, 0.2) is 37.0 Å². The van der Waals surface area contributed by atoms with E-state index in [0.29, 0.717) is 0 Å². The molecule has 0 heteroatoms. The van der Waals surface area contributed by atoms with Crippen molar-refractivity contribution in [2.45, 2.75) is 135 Å². The number of allylic oxidation sites excluding steroid dienone is 5. The molecule has 0 aromatic rings. The van der Waals surface area contributed by atoms with E-state index >= 15 is 0 Å². The summed E-state index contributed by atoms with van der Waals surface area (Å²) in [6.07, 6.45) is 39.0. The molecule has 27 heavy (non-hydrogen) atoms. The molecule has 0 amide bonds. The van der Waals surface area contributed by atoms with Gasteiger partial charge in [-0.1, -0.05) is 134 Å². The lowest BCUT2D eigenvalue weighted by atomic mass is 10.0. The van der Waals surface area contributed by atoms with Crippen LogP contribution in [0.2, 0.25) is 0 Å². The Morgan fingerprint density at radius 1 is 0.444 bits per heavy atom. The van der Waals surface area contributed by atoms with Crippen molar-refractivity contribution in [3.05, 3.63) is 37.0 Å². The van der Waals surface area contributed by atoms with Gasteiger partial charge in [0.15, 0.2) is 0 Å². The zero-order chi connectivity index (χ0) is 19.7. The van der Waals surface area contributed by atoms with Gasteiger partial charge in [0.1, 0.15) is 0 Å². The predicted octanol–water partition coefficient (Wildman–Crippen LogP) is 10.1. The van der Waals surface area contributed by atoms with E-state index in [0.717, 1.165) is 0 Å². The molecule has 0 aliphatic carbocycles. The lowest BCUT2D eigenvalue weighted by Gasteiger charge is -2.03. The topological polar surface area (TPSA) is 0 Å². The molecule has 0 unspecified atom stereocenters. The first-order chi connectivity index (χ1) is 13.4. The lowest BCUT2D eigenvalue weighted by molar-refractivity contribution is 0.538. The summed E-state index contributed by atoms with van der Waals surface area (Å²) in [5.74, 6) is 0. The van der Waals surface area contributed by atoms with Gasteiger partial charge in [-0.3, -0.25) is 0 Å².